The number of hydrogen-bond acceptors (Lipinski definition) is 6. The Kier molecular flexibility index (Phi) is 7.25. The average Bonchev–Trinajstić information content (AvgIpc) is 2.64. The van der Waals surface area contributed by atoms with Gasteiger partial charge in [0, 0.05) is 16.7 Å². The maximum absolute atomic E-state index is 13.1. The van der Waals surface area contributed by atoms with E-state index in [2.05, 4.69) is 5.32 Å². The smallest absolute Gasteiger partial charge is 0.380 e. The molecule has 0 aliphatic carbocycles. The van der Waals surface area contributed by atoms with Gasteiger partial charge in [-0.1, -0.05) is 25.1 Å². The van der Waals surface area contributed by atoms with Crippen molar-refractivity contribution < 1.29 is 30.0 Å². The van der Waals surface area contributed by atoms with Gasteiger partial charge in [-0.25, -0.2) is 22.0 Å². The van der Waals surface area contributed by atoms with Crippen LogP contribution in [0, 0.1) is 0 Å². The van der Waals surface area contributed by atoms with Gasteiger partial charge in [0.1, 0.15) is 4.90 Å². The van der Waals surface area contributed by atoms with Gasteiger partial charge in [0.05, 0.1) is 10.6 Å². The molecule has 2 aromatic rings. The molecule has 1 atom stereocenters. The normalized spacial score (nSPS) is 13.8. The first kappa shape index (κ1) is 23.5. The van der Waals surface area contributed by atoms with E-state index in [4.69, 9.17) is 5.14 Å². The van der Waals surface area contributed by atoms with E-state index in [9.17, 15) is 30.0 Å². The van der Waals surface area contributed by atoms with Crippen LogP contribution in [0.2, 0.25) is 0 Å². The van der Waals surface area contributed by atoms with E-state index in [-0.39, 0.29) is 11.7 Å². The van der Waals surface area contributed by atoms with Crippen molar-refractivity contribution in [2.45, 2.75) is 39.6 Å². The standard InChI is InChI=1S/C17H19F3N2O4S3/c1-2-12(11-27-13-6-4-3-5-7-13)22-15-9-8-14(29(21,25)26)10-16(15)28(23,24)17(18,19)20/h3-10,12,22H,2,11H2,1H3,(H2,21,25,26). The lowest BCUT2D eigenvalue weighted by atomic mass is 10.2. The molecule has 3 N–H and O–H groups in total. The number of nitrogens with two attached hydrogens (primary N) is 1. The first-order valence-corrected chi connectivity index (χ1v) is 12.3. The van der Waals surface area contributed by atoms with E-state index < -0.39 is 35.2 Å². The molecule has 2 aromatic carbocycles. The molecule has 2 rings (SSSR count). The average molecular weight is 469 g/mol. The summed E-state index contributed by atoms with van der Waals surface area (Å²) in [5.74, 6) is 0.447. The van der Waals surface area contributed by atoms with E-state index >= 15 is 0 Å². The van der Waals surface area contributed by atoms with Gasteiger partial charge in [0.15, 0.2) is 0 Å². The second-order valence-corrected chi connectivity index (χ2v) is 10.6. The number of primary sulfonamides is 1. The molecular formula is C17H19F3N2O4S3. The van der Waals surface area contributed by atoms with E-state index in [1.54, 1.807) is 6.92 Å². The van der Waals surface area contributed by atoms with Gasteiger partial charge in [-0.15, -0.1) is 11.8 Å². The van der Waals surface area contributed by atoms with Crippen LogP contribution in [0.25, 0.3) is 0 Å². The van der Waals surface area contributed by atoms with Crippen molar-refractivity contribution in [1.29, 1.82) is 0 Å². The van der Waals surface area contributed by atoms with Gasteiger partial charge in [-0.3, -0.25) is 0 Å². The maximum Gasteiger partial charge on any atom is 0.501 e. The summed E-state index contributed by atoms with van der Waals surface area (Å²) < 4.78 is 86.3. The number of rotatable bonds is 8. The monoisotopic (exact) mass is 468 g/mol. The van der Waals surface area contributed by atoms with Crippen LogP contribution in [0.3, 0.4) is 0 Å². The van der Waals surface area contributed by atoms with Crippen molar-refractivity contribution in [2.75, 3.05) is 11.1 Å². The SMILES string of the molecule is CCC(CSc1ccccc1)Nc1ccc(S(N)(=O)=O)cc1S(=O)(=O)C(F)(F)F. The highest BCUT2D eigenvalue weighted by Crippen LogP contribution is 2.36. The van der Waals surface area contributed by atoms with Crippen molar-refractivity contribution in [3.05, 3.63) is 48.5 Å². The van der Waals surface area contributed by atoms with Crippen molar-refractivity contribution in [1.82, 2.24) is 0 Å². The molecule has 12 heteroatoms. The predicted molar refractivity (Wildman–Crippen MR) is 106 cm³/mol. The molecule has 1 unspecified atom stereocenters. The van der Waals surface area contributed by atoms with Gasteiger partial charge in [-0.05, 0) is 36.8 Å². The summed E-state index contributed by atoms with van der Waals surface area (Å²) in [5.41, 5.74) is -5.93. The summed E-state index contributed by atoms with van der Waals surface area (Å²) in [6, 6.07) is 11.3. The zero-order valence-corrected chi connectivity index (χ0v) is 17.6. The zero-order valence-electron chi connectivity index (χ0n) is 15.2. The molecule has 0 aliphatic heterocycles. The minimum atomic E-state index is -5.80. The van der Waals surface area contributed by atoms with Crippen molar-refractivity contribution in [2.24, 2.45) is 5.14 Å². The fraction of sp³-hybridized carbons (Fsp3) is 0.294. The van der Waals surface area contributed by atoms with Gasteiger partial charge >= 0.3 is 5.51 Å². The van der Waals surface area contributed by atoms with E-state index in [1.165, 1.54) is 11.8 Å². The molecule has 160 valence electrons. The van der Waals surface area contributed by atoms with Crippen LogP contribution in [-0.2, 0) is 19.9 Å². The number of thioether (sulfide) groups is 1. The highest BCUT2D eigenvalue weighted by atomic mass is 32.2. The highest BCUT2D eigenvalue weighted by Gasteiger charge is 2.48. The van der Waals surface area contributed by atoms with Crippen molar-refractivity contribution in [3.63, 3.8) is 0 Å². The van der Waals surface area contributed by atoms with Crippen LogP contribution in [-0.4, -0.2) is 34.1 Å². The minimum Gasteiger partial charge on any atom is -0.380 e. The Hall–Kier alpha value is -1.76. The predicted octanol–water partition coefficient (Wildman–Crippen LogP) is 3.61. The first-order valence-electron chi connectivity index (χ1n) is 8.29. The number of halogens is 3. The number of anilines is 1. The van der Waals surface area contributed by atoms with E-state index in [0.29, 0.717) is 18.2 Å². The Morgan fingerprint density at radius 2 is 1.69 bits per heavy atom. The van der Waals surface area contributed by atoms with E-state index in [0.717, 1.165) is 17.0 Å². The second kappa shape index (κ2) is 8.94. The van der Waals surface area contributed by atoms with Gasteiger partial charge in [0.2, 0.25) is 10.0 Å². The maximum atomic E-state index is 13.1. The largest absolute Gasteiger partial charge is 0.501 e. The van der Waals surface area contributed by atoms with Crippen molar-refractivity contribution in [3.8, 4) is 0 Å². The summed E-state index contributed by atoms with van der Waals surface area (Å²) in [4.78, 5) is -0.960. The fourth-order valence-corrected chi connectivity index (χ4v) is 4.97. The fourth-order valence-electron chi connectivity index (χ4n) is 2.34. The molecule has 0 heterocycles. The number of sulfonamides is 1. The summed E-state index contributed by atoms with van der Waals surface area (Å²) in [7, 11) is -10.2. The topological polar surface area (TPSA) is 106 Å². The Morgan fingerprint density at radius 1 is 1.07 bits per heavy atom. The summed E-state index contributed by atoms with van der Waals surface area (Å²) >= 11 is 1.45. The van der Waals surface area contributed by atoms with Crippen LogP contribution in [0.1, 0.15) is 13.3 Å². The molecule has 6 nitrogen and oxygen atoms in total. The third-order valence-electron chi connectivity index (χ3n) is 3.92. The molecule has 0 fully saturated rings. The molecule has 0 amide bonds. The Labute approximate surface area is 171 Å². The van der Waals surface area contributed by atoms with Crippen LogP contribution in [0.15, 0.2) is 63.2 Å². The number of benzene rings is 2. The summed E-state index contributed by atoms with van der Waals surface area (Å²) in [5, 5.41) is 7.73. The number of nitrogens with one attached hydrogen (secondary N) is 1. The van der Waals surface area contributed by atoms with Crippen LogP contribution >= 0.6 is 11.8 Å². The Morgan fingerprint density at radius 3 is 2.21 bits per heavy atom. The number of alkyl halides is 3. The highest BCUT2D eigenvalue weighted by molar-refractivity contribution is 7.99. The summed E-state index contributed by atoms with van der Waals surface area (Å²) in [6.07, 6.45) is 0.488. The van der Waals surface area contributed by atoms with Crippen LogP contribution in [0.5, 0.6) is 0 Å². The van der Waals surface area contributed by atoms with Gasteiger partial charge in [-0.2, -0.15) is 13.2 Å². The summed E-state index contributed by atoms with van der Waals surface area (Å²) in [6.45, 7) is 1.79. The molecule has 0 saturated carbocycles. The molecular weight excluding hydrogens is 449 g/mol. The van der Waals surface area contributed by atoms with E-state index in [1.807, 2.05) is 30.3 Å². The lowest BCUT2D eigenvalue weighted by Crippen LogP contribution is -2.27. The number of hydrogen-bond donors (Lipinski definition) is 2. The van der Waals surface area contributed by atoms with Gasteiger partial charge < -0.3 is 5.32 Å². The lowest BCUT2D eigenvalue weighted by Gasteiger charge is -2.21. The minimum absolute atomic E-state index is 0.338. The quantitative estimate of drug-likeness (QED) is 0.574. The third-order valence-corrected chi connectivity index (χ3v) is 7.53. The molecule has 0 aliphatic rings. The van der Waals surface area contributed by atoms with Crippen LogP contribution < -0.4 is 10.5 Å². The molecule has 29 heavy (non-hydrogen) atoms. The zero-order chi connectivity index (χ0) is 21.9. The van der Waals surface area contributed by atoms with Crippen molar-refractivity contribution >= 4 is 37.3 Å². The molecule has 0 saturated heterocycles. The lowest BCUT2D eigenvalue weighted by molar-refractivity contribution is -0.0435. The Bertz CT molecular complexity index is 1060. The second-order valence-electron chi connectivity index (χ2n) is 6.03. The first-order chi connectivity index (χ1) is 13.4. The van der Waals surface area contributed by atoms with Gasteiger partial charge in [0.25, 0.3) is 9.84 Å². The molecule has 0 spiro atoms. The molecule has 0 bridgehead atoms. The van der Waals surface area contributed by atoms with Crippen LogP contribution in [0.4, 0.5) is 18.9 Å². The number of sulfone groups is 1. The molecule has 0 radical (unpaired) electrons. The Balaban J connectivity index is 2.40. The third kappa shape index (κ3) is 5.87. The molecule has 0 aromatic heterocycles.